The number of rotatable bonds is 10. The van der Waals surface area contributed by atoms with Gasteiger partial charge in [0, 0.05) is 15.9 Å². The van der Waals surface area contributed by atoms with Crippen molar-refractivity contribution in [1.82, 2.24) is 0 Å². The number of nitrogens with one attached hydrogen (secondary N) is 1. The van der Waals surface area contributed by atoms with Crippen molar-refractivity contribution in [2.75, 3.05) is 30.4 Å². The van der Waals surface area contributed by atoms with Gasteiger partial charge in [0.15, 0.2) is 0 Å². The molecule has 0 radical (unpaired) electrons. The van der Waals surface area contributed by atoms with Gasteiger partial charge in [-0.15, -0.1) is 0 Å². The van der Waals surface area contributed by atoms with Gasteiger partial charge in [-0.1, -0.05) is 60.3 Å². The lowest BCUT2D eigenvalue weighted by Crippen LogP contribution is -2.38. The predicted octanol–water partition coefficient (Wildman–Crippen LogP) is 5.69. The molecule has 190 valence electrons. The number of para-hydroxylation sites is 1. The van der Waals surface area contributed by atoms with Crippen LogP contribution in [0.5, 0.6) is 11.5 Å². The highest BCUT2D eigenvalue weighted by Gasteiger charge is 2.30. The van der Waals surface area contributed by atoms with E-state index in [0.29, 0.717) is 11.4 Å². The molecule has 0 bridgehead atoms. The molecule has 0 saturated carbocycles. The number of hydrogen-bond acceptors (Lipinski definition) is 6. The number of carbonyl (C=O) groups is 1. The first-order valence-electron chi connectivity index (χ1n) is 11.3. The summed E-state index contributed by atoms with van der Waals surface area (Å²) in [5.41, 5.74) is 0.767. The lowest BCUT2D eigenvalue weighted by molar-refractivity contribution is -0.114. The first-order valence-corrected chi connectivity index (χ1v) is 13.6. The molecule has 4 rings (SSSR count). The fraction of sp³-hybridized carbons (Fsp3) is 0.107. The van der Waals surface area contributed by atoms with Gasteiger partial charge in [0.25, 0.3) is 10.0 Å². The van der Waals surface area contributed by atoms with Crippen LogP contribution < -0.4 is 19.1 Å². The van der Waals surface area contributed by atoms with E-state index in [9.17, 15) is 13.2 Å². The highest BCUT2D eigenvalue weighted by atomic mass is 32.2. The van der Waals surface area contributed by atoms with Crippen LogP contribution in [0.25, 0.3) is 0 Å². The van der Waals surface area contributed by atoms with E-state index in [2.05, 4.69) is 5.32 Å². The van der Waals surface area contributed by atoms with E-state index in [1.807, 2.05) is 48.5 Å². The molecule has 0 heterocycles. The van der Waals surface area contributed by atoms with Crippen LogP contribution >= 0.6 is 11.8 Å². The predicted molar refractivity (Wildman–Crippen MR) is 146 cm³/mol. The quantitative estimate of drug-likeness (QED) is 0.281. The molecular formula is C28H26N2O5S2. The molecule has 0 aliphatic carbocycles. The number of ether oxygens (including phenoxy) is 2. The molecule has 0 fully saturated rings. The van der Waals surface area contributed by atoms with Gasteiger partial charge in [-0.05, 0) is 48.5 Å². The number of benzene rings is 4. The highest BCUT2D eigenvalue weighted by Crippen LogP contribution is 2.36. The van der Waals surface area contributed by atoms with Crippen LogP contribution in [0.15, 0.2) is 118 Å². The van der Waals surface area contributed by atoms with Crippen molar-refractivity contribution in [2.45, 2.75) is 14.7 Å². The van der Waals surface area contributed by atoms with Crippen LogP contribution in [-0.2, 0) is 14.8 Å². The van der Waals surface area contributed by atoms with Gasteiger partial charge in [-0.25, -0.2) is 8.42 Å². The summed E-state index contributed by atoms with van der Waals surface area (Å²) in [5, 5.41) is 2.88. The van der Waals surface area contributed by atoms with Gasteiger partial charge in [-0.3, -0.25) is 9.10 Å². The van der Waals surface area contributed by atoms with Gasteiger partial charge in [0.1, 0.15) is 18.0 Å². The Morgan fingerprint density at radius 2 is 1.49 bits per heavy atom. The summed E-state index contributed by atoms with van der Waals surface area (Å²) in [6.07, 6.45) is 0. The van der Waals surface area contributed by atoms with Crippen LogP contribution in [0.2, 0.25) is 0 Å². The number of carbonyl (C=O) groups excluding carboxylic acids is 1. The minimum atomic E-state index is -4.13. The number of amides is 1. The molecule has 0 aliphatic rings. The summed E-state index contributed by atoms with van der Waals surface area (Å²) < 4.78 is 39.3. The summed E-state index contributed by atoms with van der Waals surface area (Å²) in [4.78, 5) is 15.2. The van der Waals surface area contributed by atoms with Crippen molar-refractivity contribution in [1.29, 1.82) is 0 Å². The van der Waals surface area contributed by atoms with Gasteiger partial charge >= 0.3 is 0 Å². The lowest BCUT2D eigenvalue weighted by Gasteiger charge is -2.26. The maximum Gasteiger partial charge on any atom is 0.264 e. The summed E-state index contributed by atoms with van der Waals surface area (Å²) in [7, 11) is -1.20. The molecule has 1 amide bonds. The fourth-order valence-electron chi connectivity index (χ4n) is 3.61. The second-order valence-corrected chi connectivity index (χ2v) is 10.8. The molecule has 0 aromatic heterocycles. The third-order valence-electron chi connectivity index (χ3n) is 5.41. The van der Waals surface area contributed by atoms with E-state index in [1.165, 1.54) is 44.2 Å². The Morgan fingerprint density at radius 1 is 0.838 bits per heavy atom. The first kappa shape index (κ1) is 26.1. The molecule has 0 unspecified atom stereocenters. The van der Waals surface area contributed by atoms with Crippen molar-refractivity contribution in [3.05, 3.63) is 103 Å². The lowest BCUT2D eigenvalue weighted by atomic mass is 10.2. The zero-order valence-corrected chi connectivity index (χ0v) is 22.0. The Morgan fingerprint density at radius 3 is 2.16 bits per heavy atom. The molecule has 9 heteroatoms. The summed E-state index contributed by atoms with van der Waals surface area (Å²) in [6.45, 7) is -0.481. The van der Waals surface area contributed by atoms with Crippen molar-refractivity contribution in [3.63, 3.8) is 0 Å². The topological polar surface area (TPSA) is 84.9 Å². The van der Waals surface area contributed by atoms with Crippen LogP contribution in [0, 0.1) is 0 Å². The van der Waals surface area contributed by atoms with Crippen LogP contribution in [0.3, 0.4) is 0 Å². The molecule has 0 aliphatic heterocycles. The smallest absolute Gasteiger partial charge is 0.264 e. The van der Waals surface area contributed by atoms with Crippen LogP contribution in [0.1, 0.15) is 0 Å². The summed E-state index contributed by atoms with van der Waals surface area (Å²) in [5.74, 6) is 0.202. The largest absolute Gasteiger partial charge is 0.497 e. The van der Waals surface area contributed by atoms with Gasteiger partial charge < -0.3 is 14.8 Å². The highest BCUT2D eigenvalue weighted by molar-refractivity contribution is 7.99. The minimum absolute atomic E-state index is 0.0488. The number of sulfonamides is 1. The average molecular weight is 535 g/mol. The molecule has 4 aromatic rings. The molecule has 4 aromatic carbocycles. The summed E-state index contributed by atoms with van der Waals surface area (Å²) in [6, 6.07) is 29.9. The van der Waals surface area contributed by atoms with Crippen molar-refractivity contribution >= 4 is 39.1 Å². The number of hydrogen-bond donors (Lipinski definition) is 1. The molecule has 37 heavy (non-hydrogen) atoms. The third kappa shape index (κ3) is 6.25. The molecule has 0 spiro atoms. The van der Waals surface area contributed by atoms with E-state index in [-0.39, 0.29) is 16.3 Å². The number of nitrogens with zero attached hydrogens (tertiary/aromatic N) is 1. The Hall–Kier alpha value is -3.95. The molecule has 7 nitrogen and oxygen atoms in total. The van der Waals surface area contributed by atoms with E-state index >= 15 is 0 Å². The van der Waals surface area contributed by atoms with Crippen LogP contribution in [-0.4, -0.2) is 35.1 Å². The van der Waals surface area contributed by atoms with E-state index in [0.717, 1.165) is 14.1 Å². The zero-order chi connectivity index (χ0) is 26.3. The fourth-order valence-corrected chi connectivity index (χ4v) is 5.97. The van der Waals surface area contributed by atoms with E-state index in [4.69, 9.17) is 9.47 Å². The minimum Gasteiger partial charge on any atom is -0.497 e. The number of methoxy groups -OCH3 is 2. The van der Waals surface area contributed by atoms with E-state index < -0.39 is 22.5 Å². The van der Waals surface area contributed by atoms with Crippen LogP contribution in [0.4, 0.5) is 11.4 Å². The second kappa shape index (κ2) is 11.9. The Bertz CT molecular complexity index is 1460. The second-order valence-electron chi connectivity index (χ2n) is 7.82. The third-order valence-corrected chi connectivity index (χ3v) is 8.26. The van der Waals surface area contributed by atoms with Crippen molar-refractivity contribution in [2.24, 2.45) is 0 Å². The first-order chi connectivity index (χ1) is 17.9. The Balaban J connectivity index is 1.68. The Kier molecular flexibility index (Phi) is 8.37. The Labute approximate surface area is 221 Å². The zero-order valence-electron chi connectivity index (χ0n) is 20.3. The molecule has 1 N–H and O–H groups in total. The monoisotopic (exact) mass is 534 g/mol. The van der Waals surface area contributed by atoms with Gasteiger partial charge in [0.05, 0.1) is 30.5 Å². The number of anilines is 2. The van der Waals surface area contributed by atoms with Gasteiger partial charge in [0.2, 0.25) is 5.91 Å². The summed E-state index contributed by atoms with van der Waals surface area (Å²) >= 11 is 1.50. The van der Waals surface area contributed by atoms with E-state index in [1.54, 1.807) is 36.4 Å². The molecule has 0 saturated heterocycles. The van der Waals surface area contributed by atoms with Gasteiger partial charge in [-0.2, -0.15) is 0 Å². The maximum absolute atomic E-state index is 13.7. The average Bonchev–Trinajstić information content (AvgIpc) is 2.93. The standard InChI is InChI=1S/C28H26N2O5S2/c1-34-21-17-18-26(35-2)25(19-21)30(37(32,33)23-13-7-4-8-14-23)20-28(31)29-24-15-9-10-16-27(24)36-22-11-5-3-6-12-22/h3-19H,20H2,1-2H3,(H,29,31). The normalized spacial score (nSPS) is 11.0. The SMILES string of the molecule is COc1ccc(OC)c(N(CC(=O)Nc2ccccc2Sc2ccccc2)S(=O)(=O)c2ccccc2)c1. The molecule has 0 atom stereocenters. The van der Waals surface area contributed by atoms with Crippen molar-refractivity contribution < 1.29 is 22.7 Å². The van der Waals surface area contributed by atoms with Crippen molar-refractivity contribution in [3.8, 4) is 11.5 Å². The molecular weight excluding hydrogens is 508 g/mol. The maximum atomic E-state index is 13.7.